The van der Waals surface area contributed by atoms with E-state index in [0.717, 1.165) is 18.6 Å². The molecule has 0 spiro atoms. The molecule has 188 valence electrons. The van der Waals surface area contributed by atoms with E-state index in [1.807, 2.05) is 0 Å². The summed E-state index contributed by atoms with van der Waals surface area (Å²) in [5.41, 5.74) is 0.243. The van der Waals surface area contributed by atoms with Crippen molar-refractivity contribution in [1.82, 2.24) is 10.3 Å². The predicted octanol–water partition coefficient (Wildman–Crippen LogP) is 5.77. The Balaban J connectivity index is 1.62. The van der Waals surface area contributed by atoms with Gasteiger partial charge in [0.25, 0.3) is 0 Å². The Bertz CT molecular complexity index is 1180. The number of alkyl halides is 3. The third kappa shape index (κ3) is 7.11. The molecule has 0 atom stereocenters. The summed E-state index contributed by atoms with van der Waals surface area (Å²) in [7, 11) is 1.44. The van der Waals surface area contributed by atoms with E-state index < -0.39 is 17.8 Å². The van der Waals surface area contributed by atoms with E-state index in [1.54, 1.807) is 25.1 Å². The van der Waals surface area contributed by atoms with E-state index in [1.165, 1.54) is 13.2 Å². The van der Waals surface area contributed by atoms with Crippen molar-refractivity contribution >= 4 is 28.8 Å². The number of hydrogen-bond donors (Lipinski definition) is 2. The van der Waals surface area contributed by atoms with Gasteiger partial charge in [0, 0.05) is 18.5 Å². The summed E-state index contributed by atoms with van der Waals surface area (Å²) in [5.74, 6) is 0.255. The first-order valence-electron chi connectivity index (χ1n) is 11.1. The zero-order chi connectivity index (χ0) is 25.4. The van der Waals surface area contributed by atoms with Gasteiger partial charge in [-0.15, -0.1) is 0 Å². The zero-order valence-corrected chi connectivity index (χ0v) is 19.3. The molecule has 2 amide bonds. The van der Waals surface area contributed by atoms with Crippen LogP contribution in [0.1, 0.15) is 38.2 Å². The Morgan fingerprint density at radius 1 is 1.09 bits per heavy atom. The molecule has 0 radical (unpaired) electrons. The second kappa shape index (κ2) is 11.6. The number of benzene rings is 2. The lowest BCUT2D eigenvalue weighted by atomic mass is 10.2. The summed E-state index contributed by atoms with van der Waals surface area (Å²) in [5, 5.41) is 5.42. The van der Waals surface area contributed by atoms with Gasteiger partial charge in [0.05, 0.1) is 25.0 Å². The number of esters is 1. The fourth-order valence-electron chi connectivity index (χ4n) is 3.34. The minimum Gasteiger partial charge on any atom is -0.495 e. The maximum atomic E-state index is 13.0. The van der Waals surface area contributed by atoms with Gasteiger partial charge >= 0.3 is 18.2 Å². The Labute approximate surface area is 199 Å². The molecule has 3 rings (SSSR count). The molecule has 11 heteroatoms. The van der Waals surface area contributed by atoms with Crippen molar-refractivity contribution in [2.24, 2.45) is 0 Å². The third-order valence-electron chi connectivity index (χ3n) is 5.06. The number of rotatable bonds is 10. The Kier molecular flexibility index (Phi) is 8.56. The van der Waals surface area contributed by atoms with Gasteiger partial charge in [-0.05, 0) is 56.2 Å². The van der Waals surface area contributed by atoms with E-state index in [2.05, 4.69) is 15.6 Å². The average molecular weight is 493 g/mol. The number of carbonyl (C=O) groups excluding carboxylic acids is 2. The average Bonchev–Trinajstić information content (AvgIpc) is 3.24. The summed E-state index contributed by atoms with van der Waals surface area (Å²) in [6.07, 6.45) is -2.03. The lowest BCUT2D eigenvalue weighted by Crippen LogP contribution is -2.29. The van der Waals surface area contributed by atoms with Crippen LogP contribution in [0.15, 0.2) is 40.8 Å². The van der Waals surface area contributed by atoms with Crippen molar-refractivity contribution in [3.05, 3.63) is 42.0 Å². The number of methoxy groups -OCH3 is 1. The molecule has 3 aromatic rings. The normalized spacial score (nSPS) is 11.3. The first-order chi connectivity index (χ1) is 16.7. The Hall–Kier alpha value is -3.76. The Morgan fingerprint density at radius 2 is 1.89 bits per heavy atom. The van der Waals surface area contributed by atoms with Crippen LogP contribution in [0.2, 0.25) is 0 Å². The molecular formula is C24H26F3N3O5. The van der Waals surface area contributed by atoms with Crippen LogP contribution in [-0.2, 0) is 15.7 Å². The van der Waals surface area contributed by atoms with E-state index in [9.17, 15) is 22.8 Å². The molecule has 0 saturated carbocycles. The van der Waals surface area contributed by atoms with Crippen LogP contribution >= 0.6 is 0 Å². The summed E-state index contributed by atoms with van der Waals surface area (Å²) in [6, 6.07) is 7.39. The first kappa shape index (κ1) is 25.9. The number of oxazole rings is 1. The Morgan fingerprint density at radius 3 is 2.60 bits per heavy atom. The van der Waals surface area contributed by atoms with Crippen LogP contribution < -0.4 is 15.4 Å². The summed E-state index contributed by atoms with van der Waals surface area (Å²) in [4.78, 5) is 27.8. The predicted molar refractivity (Wildman–Crippen MR) is 123 cm³/mol. The fraction of sp³-hybridized carbons (Fsp3) is 0.375. The highest BCUT2D eigenvalue weighted by Gasteiger charge is 2.31. The molecule has 0 aliphatic rings. The van der Waals surface area contributed by atoms with Gasteiger partial charge in [-0.3, -0.25) is 4.79 Å². The number of unbranched alkanes of at least 4 members (excludes halogenated alkanes) is 2. The highest BCUT2D eigenvalue weighted by molar-refractivity contribution is 5.92. The highest BCUT2D eigenvalue weighted by Crippen LogP contribution is 2.34. The number of hydrogen-bond acceptors (Lipinski definition) is 6. The number of aromatic nitrogens is 1. The molecular weight excluding hydrogens is 467 g/mol. The molecule has 1 heterocycles. The van der Waals surface area contributed by atoms with Crippen LogP contribution in [0, 0.1) is 0 Å². The van der Waals surface area contributed by atoms with Crippen molar-refractivity contribution < 1.29 is 36.7 Å². The first-order valence-corrected chi connectivity index (χ1v) is 11.1. The number of halogens is 3. The molecule has 1 aromatic heterocycles. The molecule has 2 aromatic carbocycles. The van der Waals surface area contributed by atoms with Crippen molar-refractivity contribution in [3.8, 4) is 17.2 Å². The number of ether oxygens (including phenoxy) is 2. The van der Waals surface area contributed by atoms with Crippen LogP contribution in [0.5, 0.6) is 5.75 Å². The smallest absolute Gasteiger partial charge is 0.416 e. The highest BCUT2D eigenvalue weighted by atomic mass is 19.4. The van der Waals surface area contributed by atoms with Gasteiger partial charge in [-0.1, -0.05) is 6.42 Å². The summed E-state index contributed by atoms with van der Waals surface area (Å²) in [6.45, 7) is 2.52. The lowest BCUT2D eigenvalue weighted by molar-refractivity contribution is -0.143. The van der Waals surface area contributed by atoms with Crippen molar-refractivity contribution in [2.75, 3.05) is 25.6 Å². The number of nitrogens with zero attached hydrogens (tertiary/aromatic N) is 1. The maximum absolute atomic E-state index is 13.0. The van der Waals surface area contributed by atoms with Crippen LogP contribution in [0.25, 0.3) is 22.6 Å². The van der Waals surface area contributed by atoms with Gasteiger partial charge in [0.1, 0.15) is 11.3 Å². The number of amides is 2. The molecule has 8 nitrogen and oxygen atoms in total. The maximum Gasteiger partial charge on any atom is 0.416 e. The minimum atomic E-state index is -4.49. The number of fused-ring (bicyclic) bond motifs is 1. The van der Waals surface area contributed by atoms with Crippen molar-refractivity contribution in [1.29, 1.82) is 0 Å². The number of anilines is 1. The molecule has 0 unspecified atom stereocenters. The van der Waals surface area contributed by atoms with Gasteiger partial charge < -0.3 is 24.5 Å². The monoisotopic (exact) mass is 493 g/mol. The minimum absolute atomic E-state index is 0.0702. The van der Waals surface area contributed by atoms with E-state index in [4.69, 9.17) is 13.9 Å². The van der Waals surface area contributed by atoms with E-state index in [0.29, 0.717) is 49.4 Å². The van der Waals surface area contributed by atoms with Crippen molar-refractivity contribution in [2.45, 2.75) is 38.8 Å². The van der Waals surface area contributed by atoms with Gasteiger partial charge in [-0.25, -0.2) is 9.78 Å². The van der Waals surface area contributed by atoms with Crippen LogP contribution in [0.4, 0.5) is 23.7 Å². The number of urea groups is 1. The van der Waals surface area contributed by atoms with Gasteiger partial charge in [-0.2, -0.15) is 13.2 Å². The quantitative estimate of drug-likeness (QED) is 0.275. The molecule has 0 aliphatic heterocycles. The second-order valence-corrected chi connectivity index (χ2v) is 7.61. The topological polar surface area (TPSA) is 103 Å². The molecule has 35 heavy (non-hydrogen) atoms. The lowest BCUT2D eigenvalue weighted by Gasteiger charge is -2.12. The standard InChI is InChI=1S/C24H26F3N3O5/c1-3-34-21(31)7-5-4-6-12-28-23(32)30-17-13-15(8-10-19(17)33-2)22-29-18-14-16(24(25,26)27)9-11-20(18)35-22/h8-11,13-14H,3-7,12H2,1-2H3,(H2,28,30,32). The SMILES string of the molecule is CCOC(=O)CCCCCNC(=O)Nc1cc(-c2nc3cc(C(F)(F)F)ccc3o2)ccc1OC. The third-order valence-corrected chi connectivity index (χ3v) is 5.06. The van der Waals surface area contributed by atoms with Crippen molar-refractivity contribution in [3.63, 3.8) is 0 Å². The van der Waals surface area contributed by atoms with E-state index in [-0.39, 0.29) is 23.0 Å². The van der Waals surface area contributed by atoms with Crippen LogP contribution in [-0.4, -0.2) is 37.2 Å². The van der Waals surface area contributed by atoms with Crippen LogP contribution in [0.3, 0.4) is 0 Å². The van der Waals surface area contributed by atoms with Gasteiger partial charge in [0.15, 0.2) is 5.58 Å². The molecule has 0 saturated heterocycles. The summed E-state index contributed by atoms with van der Waals surface area (Å²) < 4.78 is 54.7. The fourth-order valence-corrected chi connectivity index (χ4v) is 3.34. The number of carbonyl (C=O) groups is 2. The largest absolute Gasteiger partial charge is 0.495 e. The van der Waals surface area contributed by atoms with E-state index >= 15 is 0 Å². The van der Waals surface area contributed by atoms with Gasteiger partial charge in [0.2, 0.25) is 5.89 Å². The second-order valence-electron chi connectivity index (χ2n) is 7.61. The number of nitrogens with one attached hydrogen (secondary N) is 2. The zero-order valence-electron chi connectivity index (χ0n) is 19.3. The molecule has 0 bridgehead atoms. The molecule has 0 aliphatic carbocycles. The summed E-state index contributed by atoms with van der Waals surface area (Å²) >= 11 is 0. The molecule has 2 N–H and O–H groups in total. The molecule has 0 fully saturated rings.